The van der Waals surface area contributed by atoms with Crippen LogP contribution in [0.3, 0.4) is 0 Å². The molecule has 0 N–H and O–H groups in total. The summed E-state index contributed by atoms with van der Waals surface area (Å²) in [6, 6.07) is 0. The molecule has 17 heavy (non-hydrogen) atoms. The first kappa shape index (κ1) is 12.9. The van der Waals surface area contributed by atoms with Crippen molar-refractivity contribution < 1.29 is 4.79 Å². The fourth-order valence-corrected chi connectivity index (χ4v) is 3.77. The topological polar surface area (TPSA) is 17.1 Å². The molecule has 0 heterocycles. The fourth-order valence-electron chi connectivity index (χ4n) is 3.77. The van der Waals surface area contributed by atoms with Crippen molar-refractivity contribution in [3.63, 3.8) is 0 Å². The molecular formula is C16H26O. The van der Waals surface area contributed by atoms with E-state index in [2.05, 4.69) is 13.0 Å². The maximum Gasteiger partial charge on any atom is 0.145 e. The van der Waals surface area contributed by atoms with Crippen LogP contribution in [0, 0.1) is 17.8 Å². The van der Waals surface area contributed by atoms with Crippen molar-refractivity contribution in [2.24, 2.45) is 17.8 Å². The number of aldehydes is 1. The van der Waals surface area contributed by atoms with Gasteiger partial charge in [0.1, 0.15) is 6.29 Å². The van der Waals surface area contributed by atoms with Crippen LogP contribution in [0.5, 0.6) is 0 Å². The number of carbonyl (C=O) groups is 1. The summed E-state index contributed by atoms with van der Waals surface area (Å²) in [4.78, 5) is 10.7. The minimum atomic E-state index is 0.876. The summed E-state index contributed by atoms with van der Waals surface area (Å²) in [7, 11) is 0. The lowest BCUT2D eigenvalue weighted by atomic mass is 9.71. The Bertz CT molecular complexity index is 271. The predicted molar refractivity (Wildman–Crippen MR) is 71.8 cm³/mol. The van der Waals surface area contributed by atoms with Crippen LogP contribution < -0.4 is 0 Å². The van der Waals surface area contributed by atoms with Crippen LogP contribution in [0.4, 0.5) is 0 Å². The van der Waals surface area contributed by atoms with E-state index in [0.29, 0.717) is 0 Å². The highest BCUT2D eigenvalue weighted by atomic mass is 16.1. The van der Waals surface area contributed by atoms with E-state index in [1.54, 1.807) is 0 Å². The molecular weight excluding hydrogens is 208 g/mol. The molecule has 1 atom stereocenters. The van der Waals surface area contributed by atoms with Crippen LogP contribution in [0.1, 0.15) is 64.7 Å². The summed E-state index contributed by atoms with van der Waals surface area (Å²) in [6.07, 6.45) is 15.3. The Morgan fingerprint density at radius 3 is 2.47 bits per heavy atom. The first-order valence-electron chi connectivity index (χ1n) is 7.47. The molecule has 96 valence electrons. The van der Waals surface area contributed by atoms with Crippen molar-refractivity contribution in [2.75, 3.05) is 0 Å². The molecule has 0 bridgehead atoms. The van der Waals surface area contributed by atoms with Crippen LogP contribution in [0.15, 0.2) is 11.6 Å². The molecule has 0 aromatic rings. The van der Waals surface area contributed by atoms with Gasteiger partial charge in [-0.15, -0.1) is 0 Å². The Balaban J connectivity index is 1.78. The van der Waals surface area contributed by atoms with Crippen LogP contribution in [0.2, 0.25) is 0 Å². The number of rotatable bonds is 4. The third-order valence-corrected chi connectivity index (χ3v) is 4.89. The van der Waals surface area contributed by atoms with E-state index in [9.17, 15) is 4.79 Å². The van der Waals surface area contributed by atoms with E-state index in [1.165, 1.54) is 44.9 Å². The zero-order valence-electron chi connectivity index (χ0n) is 11.2. The molecule has 0 aromatic heterocycles. The first-order valence-corrected chi connectivity index (χ1v) is 7.47. The molecule has 0 radical (unpaired) electrons. The third kappa shape index (κ3) is 3.43. The van der Waals surface area contributed by atoms with Crippen molar-refractivity contribution >= 4 is 6.29 Å². The van der Waals surface area contributed by atoms with Crippen molar-refractivity contribution in [1.82, 2.24) is 0 Å². The lowest BCUT2D eigenvalue weighted by molar-refractivity contribution is -0.105. The molecule has 1 fully saturated rings. The molecule has 2 rings (SSSR count). The molecule has 0 saturated heterocycles. The van der Waals surface area contributed by atoms with Gasteiger partial charge in [-0.3, -0.25) is 4.79 Å². The average Bonchev–Trinajstić information content (AvgIpc) is 2.40. The summed E-state index contributed by atoms with van der Waals surface area (Å²) in [5.41, 5.74) is 1.04. The molecule has 1 heteroatoms. The monoisotopic (exact) mass is 234 g/mol. The van der Waals surface area contributed by atoms with E-state index in [-0.39, 0.29) is 0 Å². The Hall–Kier alpha value is -0.590. The van der Waals surface area contributed by atoms with Crippen LogP contribution in [-0.2, 0) is 4.79 Å². The highest BCUT2D eigenvalue weighted by Gasteiger charge is 2.28. The van der Waals surface area contributed by atoms with Crippen LogP contribution >= 0.6 is 0 Å². The predicted octanol–water partition coefficient (Wildman–Crippen LogP) is 4.52. The molecule has 2 aliphatic carbocycles. The molecule has 1 unspecified atom stereocenters. The second kappa shape index (κ2) is 6.37. The van der Waals surface area contributed by atoms with Crippen molar-refractivity contribution in [1.29, 1.82) is 0 Å². The molecule has 2 aliphatic rings. The van der Waals surface area contributed by atoms with Crippen LogP contribution in [0.25, 0.3) is 0 Å². The van der Waals surface area contributed by atoms with Gasteiger partial charge in [0, 0.05) is 0 Å². The van der Waals surface area contributed by atoms with Gasteiger partial charge in [0.25, 0.3) is 0 Å². The summed E-state index contributed by atoms with van der Waals surface area (Å²) in [5.74, 6) is 2.84. The normalized spacial score (nSPS) is 34.2. The maximum absolute atomic E-state index is 10.7. The Morgan fingerprint density at radius 1 is 1.18 bits per heavy atom. The smallest absolute Gasteiger partial charge is 0.145 e. The zero-order valence-corrected chi connectivity index (χ0v) is 11.2. The van der Waals surface area contributed by atoms with Gasteiger partial charge in [-0.25, -0.2) is 0 Å². The van der Waals surface area contributed by atoms with Gasteiger partial charge in [0.05, 0.1) is 0 Å². The molecule has 0 amide bonds. The molecule has 0 aromatic carbocycles. The van der Waals surface area contributed by atoms with E-state index in [4.69, 9.17) is 0 Å². The SMILES string of the molecule is CCCC1CCC(C2CC=C(C=O)CC2)CC1. The van der Waals surface area contributed by atoms with Crippen LogP contribution in [-0.4, -0.2) is 6.29 Å². The van der Waals surface area contributed by atoms with Gasteiger partial charge in [-0.1, -0.05) is 38.7 Å². The van der Waals surface area contributed by atoms with E-state index in [0.717, 1.165) is 42.5 Å². The number of carbonyl (C=O) groups excluding carboxylic acids is 1. The summed E-state index contributed by atoms with van der Waals surface area (Å²) in [6.45, 7) is 2.30. The Labute approximate surface area is 106 Å². The molecule has 1 nitrogen and oxygen atoms in total. The largest absolute Gasteiger partial charge is 0.298 e. The third-order valence-electron chi connectivity index (χ3n) is 4.89. The number of allylic oxidation sites excluding steroid dienone is 2. The zero-order chi connectivity index (χ0) is 12.1. The van der Waals surface area contributed by atoms with E-state index < -0.39 is 0 Å². The average molecular weight is 234 g/mol. The summed E-state index contributed by atoms with van der Waals surface area (Å²) < 4.78 is 0. The molecule has 0 spiro atoms. The number of hydrogen-bond acceptors (Lipinski definition) is 1. The quantitative estimate of drug-likeness (QED) is 0.654. The molecule has 1 saturated carbocycles. The fraction of sp³-hybridized carbons (Fsp3) is 0.812. The minimum absolute atomic E-state index is 0.876. The van der Waals surface area contributed by atoms with Gasteiger partial charge < -0.3 is 0 Å². The van der Waals surface area contributed by atoms with Gasteiger partial charge in [0.15, 0.2) is 0 Å². The summed E-state index contributed by atoms with van der Waals surface area (Å²) in [5, 5.41) is 0. The van der Waals surface area contributed by atoms with Gasteiger partial charge >= 0.3 is 0 Å². The van der Waals surface area contributed by atoms with Crippen molar-refractivity contribution in [3.8, 4) is 0 Å². The highest BCUT2D eigenvalue weighted by Crippen LogP contribution is 2.40. The highest BCUT2D eigenvalue weighted by molar-refractivity contribution is 5.73. The first-order chi connectivity index (χ1) is 8.33. The Kier molecular flexibility index (Phi) is 4.82. The maximum atomic E-state index is 10.7. The van der Waals surface area contributed by atoms with E-state index >= 15 is 0 Å². The lowest BCUT2D eigenvalue weighted by Crippen LogP contribution is -2.23. The van der Waals surface area contributed by atoms with Crippen molar-refractivity contribution in [3.05, 3.63) is 11.6 Å². The second-order valence-electron chi connectivity index (χ2n) is 6.00. The molecule has 0 aliphatic heterocycles. The van der Waals surface area contributed by atoms with Gasteiger partial charge in [-0.05, 0) is 55.4 Å². The van der Waals surface area contributed by atoms with E-state index in [1.807, 2.05) is 0 Å². The summed E-state index contributed by atoms with van der Waals surface area (Å²) >= 11 is 0. The van der Waals surface area contributed by atoms with Crippen molar-refractivity contribution in [2.45, 2.75) is 64.7 Å². The van der Waals surface area contributed by atoms with Gasteiger partial charge in [0.2, 0.25) is 0 Å². The minimum Gasteiger partial charge on any atom is -0.298 e. The Morgan fingerprint density at radius 2 is 1.94 bits per heavy atom. The standard InChI is InChI=1S/C16H26O/c1-2-3-13-4-8-15(9-5-13)16-10-6-14(12-17)7-11-16/h6,12-13,15-16H,2-5,7-11H2,1H3. The van der Waals surface area contributed by atoms with Gasteiger partial charge in [-0.2, -0.15) is 0 Å². The lowest BCUT2D eigenvalue weighted by Gasteiger charge is -2.35. The second-order valence-corrected chi connectivity index (χ2v) is 6.00. The number of hydrogen-bond donors (Lipinski definition) is 0.